The van der Waals surface area contributed by atoms with Crippen LogP contribution < -0.4 is 5.32 Å². The second-order valence-corrected chi connectivity index (χ2v) is 7.91. The maximum absolute atomic E-state index is 11.6. The Morgan fingerprint density at radius 2 is 1.86 bits per heavy atom. The molecule has 35 heavy (non-hydrogen) atoms. The highest BCUT2D eigenvalue weighted by Crippen LogP contribution is 2.31. The summed E-state index contributed by atoms with van der Waals surface area (Å²) in [4.78, 5) is 37.2. The molecule has 0 saturated carbocycles. The first-order valence-corrected chi connectivity index (χ1v) is 11.1. The third kappa shape index (κ3) is 3.76. The van der Waals surface area contributed by atoms with Crippen molar-refractivity contribution < 1.29 is 4.79 Å². The highest BCUT2D eigenvalue weighted by Gasteiger charge is 2.17. The van der Waals surface area contributed by atoms with E-state index in [4.69, 9.17) is 4.98 Å². The number of aromatic amines is 2. The first kappa shape index (κ1) is 20.6. The predicted octanol–water partition coefficient (Wildman–Crippen LogP) is 4.37. The van der Waals surface area contributed by atoms with E-state index < -0.39 is 0 Å². The molecule has 170 valence electrons. The Morgan fingerprint density at radius 1 is 0.943 bits per heavy atom. The molecular formula is C25H19N9O. The number of amides is 1. The molecule has 6 aromatic rings. The molecule has 0 aromatic carbocycles. The zero-order valence-electron chi connectivity index (χ0n) is 18.6. The molecule has 1 amide bonds. The van der Waals surface area contributed by atoms with E-state index in [0.29, 0.717) is 35.1 Å². The molecule has 0 atom stereocenters. The summed E-state index contributed by atoms with van der Waals surface area (Å²) in [6, 6.07) is 11.5. The van der Waals surface area contributed by atoms with Crippen molar-refractivity contribution in [2.24, 2.45) is 0 Å². The Bertz CT molecular complexity index is 1670. The van der Waals surface area contributed by atoms with Crippen LogP contribution >= 0.6 is 0 Å². The van der Waals surface area contributed by atoms with Gasteiger partial charge in [0.2, 0.25) is 5.91 Å². The molecule has 0 saturated heterocycles. The first-order chi connectivity index (χ1) is 17.2. The molecule has 0 aliphatic heterocycles. The fourth-order valence-electron chi connectivity index (χ4n) is 3.89. The molecule has 0 radical (unpaired) electrons. The summed E-state index contributed by atoms with van der Waals surface area (Å²) >= 11 is 0. The standard InChI is InChI=1S/C25H19N9O/c1-2-20(35)30-19-6-5-14(12-28-19)16-10-18-22(33-34-23(18)29-13-16)25-31-21-17(7-9-27-24(21)32-25)15-4-3-8-26-11-15/h3-13H,2H2,1H3,(H,27,31,32)(H,28,30,35)(H,29,33,34). The van der Waals surface area contributed by atoms with E-state index in [1.54, 1.807) is 44.0 Å². The topological polar surface area (TPSA) is 138 Å². The quantitative estimate of drug-likeness (QED) is 0.346. The van der Waals surface area contributed by atoms with Gasteiger partial charge in [0.1, 0.15) is 17.0 Å². The van der Waals surface area contributed by atoms with Crippen molar-refractivity contribution in [1.82, 2.24) is 40.1 Å². The highest BCUT2D eigenvalue weighted by molar-refractivity contribution is 5.96. The molecule has 0 aliphatic carbocycles. The van der Waals surface area contributed by atoms with Crippen molar-refractivity contribution in [3.05, 3.63) is 67.4 Å². The van der Waals surface area contributed by atoms with Gasteiger partial charge in [-0.3, -0.25) is 14.9 Å². The van der Waals surface area contributed by atoms with Crippen LogP contribution in [0.15, 0.2) is 67.4 Å². The third-order valence-electron chi connectivity index (χ3n) is 5.68. The van der Waals surface area contributed by atoms with Crippen molar-refractivity contribution >= 4 is 33.9 Å². The van der Waals surface area contributed by atoms with E-state index in [1.807, 2.05) is 30.3 Å². The van der Waals surface area contributed by atoms with Gasteiger partial charge >= 0.3 is 0 Å². The molecule has 0 aliphatic rings. The average Bonchev–Trinajstić information content (AvgIpc) is 3.53. The van der Waals surface area contributed by atoms with Crippen LogP contribution in [0, 0.1) is 0 Å². The summed E-state index contributed by atoms with van der Waals surface area (Å²) in [6.07, 6.45) is 9.15. The monoisotopic (exact) mass is 461 g/mol. The maximum Gasteiger partial charge on any atom is 0.225 e. The minimum absolute atomic E-state index is 0.0802. The molecule has 10 nitrogen and oxygen atoms in total. The van der Waals surface area contributed by atoms with Crippen molar-refractivity contribution in [3.63, 3.8) is 0 Å². The van der Waals surface area contributed by atoms with Crippen LogP contribution in [0.1, 0.15) is 13.3 Å². The largest absolute Gasteiger partial charge is 0.321 e. The highest BCUT2D eigenvalue weighted by atomic mass is 16.1. The number of carbonyl (C=O) groups excluding carboxylic acids is 1. The van der Waals surface area contributed by atoms with Gasteiger partial charge in [0.05, 0.1) is 5.39 Å². The van der Waals surface area contributed by atoms with Gasteiger partial charge in [-0.2, -0.15) is 5.10 Å². The summed E-state index contributed by atoms with van der Waals surface area (Å²) < 4.78 is 0. The van der Waals surface area contributed by atoms with Gasteiger partial charge in [-0.05, 0) is 30.3 Å². The van der Waals surface area contributed by atoms with Crippen molar-refractivity contribution in [2.45, 2.75) is 13.3 Å². The third-order valence-corrected chi connectivity index (χ3v) is 5.68. The zero-order chi connectivity index (χ0) is 23.8. The van der Waals surface area contributed by atoms with Crippen molar-refractivity contribution in [2.75, 3.05) is 5.32 Å². The molecule has 6 heterocycles. The van der Waals surface area contributed by atoms with Crippen LogP contribution in [0.2, 0.25) is 0 Å². The van der Waals surface area contributed by atoms with E-state index in [9.17, 15) is 4.79 Å². The molecule has 3 N–H and O–H groups in total. The minimum atomic E-state index is -0.0802. The number of fused-ring (bicyclic) bond motifs is 2. The van der Waals surface area contributed by atoms with E-state index >= 15 is 0 Å². The SMILES string of the molecule is CCC(=O)Nc1ccc(-c2cnc3[nH]nc(-c4nc5c(-c6cccnc6)ccnc5[nH]4)c3c2)cn1. The maximum atomic E-state index is 11.6. The number of anilines is 1. The summed E-state index contributed by atoms with van der Waals surface area (Å²) in [5.74, 6) is 1.02. The number of aromatic nitrogens is 8. The lowest BCUT2D eigenvalue weighted by atomic mass is 10.1. The Morgan fingerprint density at radius 3 is 2.66 bits per heavy atom. The van der Waals surface area contributed by atoms with Crippen molar-refractivity contribution in [1.29, 1.82) is 0 Å². The first-order valence-electron chi connectivity index (χ1n) is 11.1. The van der Waals surface area contributed by atoms with E-state index in [0.717, 1.165) is 33.2 Å². The second kappa shape index (κ2) is 8.41. The summed E-state index contributed by atoms with van der Waals surface area (Å²) in [7, 11) is 0. The number of pyridine rings is 4. The van der Waals surface area contributed by atoms with Gasteiger partial charge in [0.15, 0.2) is 17.1 Å². The Balaban J connectivity index is 1.40. The second-order valence-electron chi connectivity index (χ2n) is 7.91. The van der Waals surface area contributed by atoms with Gasteiger partial charge in [-0.25, -0.2) is 19.9 Å². The summed E-state index contributed by atoms with van der Waals surface area (Å²) in [5.41, 5.74) is 6.32. The lowest BCUT2D eigenvalue weighted by Crippen LogP contribution is -2.10. The number of carbonyl (C=O) groups is 1. The number of imidazole rings is 1. The fraction of sp³-hybridized carbons (Fsp3) is 0.0800. The average molecular weight is 461 g/mol. The number of hydrogen-bond donors (Lipinski definition) is 3. The van der Waals surface area contributed by atoms with Crippen LogP contribution in [0.5, 0.6) is 0 Å². The van der Waals surface area contributed by atoms with Gasteiger partial charge in [-0.15, -0.1) is 0 Å². The number of nitrogens with zero attached hydrogens (tertiary/aromatic N) is 6. The van der Waals surface area contributed by atoms with Gasteiger partial charge in [-0.1, -0.05) is 13.0 Å². The van der Waals surface area contributed by atoms with Crippen LogP contribution in [0.3, 0.4) is 0 Å². The van der Waals surface area contributed by atoms with Crippen LogP contribution in [-0.4, -0.2) is 46.0 Å². The molecule has 6 aromatic heterocycles. The summed E-state index contributed by atoms with van der Waals surface area (Å²) in [5, 5.41) is 11.0. The Hall–Kier alpha value is -4.99. The summed E-state index contributed by atoms with van der Waals surface area (Å²) in [6.45, 7) is 1.80. The number of nitrogens with one attached hydrogen (secondary N) is 3. The smallest absolute Gasteiger partial charge is 0.225 e. The van der Waals surface area contributed by atoms with Gasteiger partial charge in [0.25, 0.3) is 0 Å². The number of hydrogen-bond acceptors (Lipinski definition) is 7. The molecular weight excluding hydrogens is 442 g/mol. The Labute approximate surface area is 198 Å². The molecule has 10 heteroatoms. The number of H-pyrrole nitrogens is 2. The van der Waals surface area contributed by atoms with Crippen LogP contribution in [0.4, 0.5) is 5.82 Å². The molecule has 0 spiro atoms. The van der Waals surface area contributed by atoms with Gasteiger partial charge in [0, 0.05) is 59.7 Å². The zero-order valence-corrected chi connectivity index (χ0v) is 18.6. The molecule has 0 unspecified atom stereocenters. The molecule has 0 fully saturated rings. The van der Waals surface area contributed by atoms with Gasteiger partial charge < -0.3 is 10.3 Å². The van der Waals surface area contributed by atoms with Crippen LogP contribution in [-0.2, 0) is 4.79 Å². The van der Waals surface area contributed by atoms with E-state index in [2.05, 4.69) is 40.4 Å². The van der Waals surface area contributed by atoms with E-state index in [-0.39, 0.29) is 5.91 Å². The molecule has 0 bridgehead atoms. The molecule has 6 rings (SSSR count). The lowest BCUT2D eigenvalue weighted by Gasteiger charge is -2.05. The fourth-order valence-corrected chi connectivity index (χ4v) is 3.89. The Kier molecular flexibility index (Phi) is 4.95. The lowest BCUT2D eigenvalue weighted by molar-refractivity contribution is -0.115. The van der Waals surface area contributed by atoms with Crippen molar-refractivity contribution in [3.8, 4) is 33.8 Å². The van der Waals surface area contributed by atoms with Crippen LogP contribution in [0.25, 0.3) is 56.0 Å². The predicted molar refractivity (Wildman–Crippen MR) is 132 cm³/mol. The number of rotatable bonds is 5. The minimum Gasteiger partial charge on any atom is -0.321 e. The van der Waals surface area contributed by atoms with E-state index in [1.165, 1.54) is 0 Å². The normalized spacial score (nSPS) is 11.2.